The first-order chi connectivity index (χ1) is 6.66. The topological polar surface area (TPSA) is 78.4 Å². The molecule has 2 aliphatic rings. The van der Waals surface area contributed by atoms with Crippen molar-refractivity contribution < 1.29 is 14.7 Å². The van der Waals surface area contributed by atoms with Crippen molar-refractivity contribution in [3.8, 4) is 0 Å². The fourth-order valence-corrected chi connectivity index (χ4v) is 1.41. The normalized spacial score (nSPS) is 22.6. The van der Waals surface area contributed by atoms with Gasteiger partial charge in [-0.3, -0.25) is 0 Å². The highest BCUT2D eigenvalue weighted by molar-refractivity contribution is 5.83. The standard InChI is InChI=1S/C9H14N2O3/c12-8(13)7(5-1-2-5)11-9(14)10-6-3-4-6/h5-7H,1-4H2,(H,12,13)(H2,10,11,14). The molecule has 2 rings (SSSR count). The van der Waals surface area contributed by atoms with Crippen LogP contribution in [0.5, 0.6) is 0 Å². The number of carbonyl (C=O) groups is 2. The van der Waals surface area contributed by atoms with E-state index in [1.54, 1.807) is 0 Å². The van der Waals surface area contributed by atoms with Crippen molar-refractivity contribution in [2.75, 3.05) is 0 Å². The summed E-state index contributed by atoms with van der Waals surface area (Å²) in [6.45, 7) is 0. The van der Waals surface area contributed by atoms with Crippen molar-refractivity contribution >= 4 is 12.0 Å². The second-order valence-electron chi connectivity index (χ2n) is 4.05. The molecule has 1 atom stereocenters. The van der Waals surface area contributed by atoms with E-state index >= 15 is 0 Å². The van der Waals surface area contributed by atoms with Crippen molar-refractivity contribution in [3.05, 3.63) is 0 Å². The minimum atomic E-state index is -0.932. The molecule has 3 N–H and O–H groups in total. The molecule has 2 saturated carbocycles. The molecule has 5 heteroatoms. The zero-order valence-corrected chi connectivity index (χ0v) is 7.82. The fourth-order valence-electron chi connectivity index (χ4n) is 1.41. The van der Waals surface area contributed by atoms with Gasteiger partial charge in [0, 0.05) is 6.04 Å². The van der Waals surface area contributed by atoms with Crippen molar-refractivity contribution in [3.63, 3.8) is 0 Å². The van der Waals surface area contributed by atoms with Crippen LogP contribution in [0, 0.1) is 5.92 Å². The van der Waals surface area contributed by atoms with Crippen molar-refractivity contribution in [1.82, 2.24) is 10.6 Å². The number of hydrogen-bond acceptors (Lipinski definition) is 2. The van der Waals surface area contributed by atoms with E-state index in [9.17, 15) is 9.59 Å². The molecule has 0 heterocycles. The zero-order valence-electron chi connectivity index (χ0n) is 7.82. The smallest absolute Gasteiger partial charge is 0.326 e. The molecule has 0 spiro atoms. The van der Waals surface area contributed by atoms with E-state index in [1.165, 1.54) is 0 Å². The average molecular weight is 198 g/mol. The Kier molecular flexibility index (Phi) is 2.31. The Balaban J connectivity index is 1.79. The molecule has 0 bridgehead atoms. The lowest BCUT2D eigenvalue weighted by atomic mass is 10.2. The number of urea groups is 1. The molecule has 0 radical (unpaired) electrons. The summed E-state index contributed by atoms with van der Waals surface area (Å²) in [5, 5.41) is 14.0. The van der Waals surface area contributed by atoms with E-state index in [2.05, 4.69) is 10.6 Å². The van der Waals surface area contributed by atoms with E-state index in [0.29, 0.717) is 0 Å². The van der Waals surface area contributed by atoms with Crippen LogP contribution in [0.4, 0.5) is 4.79 Å². The van der Waals surface area contributed by atoms with E-state index in [-0.39, 0.29) is 18.0 Å². The van der Waals surface area contributed by atoms with Crippen LogP contribution in [0.25, 0.3) is 0 Å². The molecular formula is C9H14N2O3. The third-order valence-electron chi connectivity index (χ3n) is 2.56. The van der Waals surface area contributed by atoms with Crippen LogP contribution in [0.3, 0.4) is 0 Å². The van der Waals surface area contributed by atoms with E-state index < -0.39 is 12.0 Å². The SMILES string of the molecule is O=C(NC1CC1)NC(C(=O)O)C1CC1. The summed E-state index contributed by atoms with van der Waals surface area (Å²) >= 11 is 0. The minimum Gasteiger partial charge on any atom is -0.480 e. The van der Waals surface area contributed by atoms with Gasteiger partial charge in [0.2, 0.25) is 0 Å². The van der Waals surface area contributed by atoms with Crippen LogP contribution >= 0.6 is 0 Å². The van der Waals surface area contributed by atoms with Gasteiger partial charge in [0.05, 0.1) is 0 Å². The first kappa shape index (κ1) is 9.30. The maximum absolute atomic E-state index is 11.3. The third-order valence-corrected chi connectivity index (χ3v) is 2.56. The Morgan fingerprint density at radius 1 is 1.21 bits per heavy atom. The minimum absolute atomic E-state index is 0.137. The van der Waals surface area contributed by atoms with Crippen LogP contribution in [0.1, 0.15) is 25.7 Å². The lowest BCUT2D eigenvalue weighted by molar-refractivity contribution is -0.139. The Labute approximate surface area is 81.9 Å². The summed E-state index contributed by atoms with van der Waals surface area (Å²) in [6.07, 6.45) is 3.82. The second kappa shape index (κ2) is 3.48. The van der Waals surface area contributed by atoms with Crippen LogP contribution in [-0.2, 0) is 4.79 Å². The number of aliphatic carboxylic acids is 1. The lowest BCUT2D eigenvalue weighted by Gasteiger charge is -2.13. The van der Waals surface area contributed by atoms with E-state index in [4.69, 9.17) is 5.11 Å². The molecular weight excluding hydrogens is 184 g/mol. The molecule has 14 heavy (non-hydrogen) atoms. The Bertz CT molecular complexity index is 259. The van der Waals surface area contributed by atoms with Gasteiger partial charge < -0.3 is 15.7 Å². The Morgan fingerprint density at radius 3 is 2.29 bits per heavy atom. The van der Waals surface area contributed by atoms with Gasteiger partial charge in [-0.15, -0.1) is 0 Å². The molecule has 1 unspecified atom stereocenters. The monoisotopic (exact) mass is 198 g/mol. The predicted molar refractivity (Wildman–Crippen MR) is 48.8 cm³/mol. The van der Waals surface area contributed by atoms with E-state index in [1.807, 2.05) is 0 Å². The van der Waals surface area contributed by atoms with Gasteiger partial charge in [-0.05, 0) is 31.6 Å². The van der Waals surface area contributed by atoms with Gasteiger partial charge in [0.1, 0.15) is 6.04 Å². The molecule has 78 valence electrons. The molecule has 2 amide bonds. The first-order valence-electron chi connectivity index (χ1n) is 4.96. The zero-order chi connectivity index (χ0) is 10.1. The highest BCUT2D eigenvalue weighted by Gasteiger charge is 2.37. The molecule has 2 fully saturated rings. The third kappa shape index (κ3) is 2.37. The van der Waals surface area contributed by atoms with Gasteiger partial charge in [0.15, 0.2) is 0 Å². The van der Waals surface area contributed by atoms with Crippen molar-refractivity contribution in [2.45, 2.75) is 37.8 Å². The number of carboxylic acid groups (broad SMARTS) is 1. The van der Waals surface area contributed by atoms with Gasteiger partial charge in [-0.2, -0.15) is 0 Å². The fraction of sp³-hybridized carbons (Fsp3) is 0.778. The average Bonchev–Trinajstić information content (AvgIpc) is 2.93. The van der Waals surface area contributed by atoms with Gasteiger partial charge in [0.25, 0.3) is 0 Å². The number of amides is 2. The molecule has 0 aliphatic heterocycles. The molecule has 0 saturated heterocycles. The largest absolute Gasteiger partial charge is 0.480 e. The van der Waals surface area contributed by atoms with Crippen molar-refractivity contribution in [2.24, 2.45) is 5.92 Å². The van der Waals surface area contributed by atoms with Gasteiger partial charge >= 0.3 is 12.0 Å². The quantitative estimate of drug-likeness (QED) is 0.608. The summed E-state index contributed by atoms with van der Waals surface area (Å²) in [5.74, 6) is -0.795. The van der Waals surface area contributed by atoms with E-state index in [0.717, 1.165) is 25.7 Å². The molecule has 0 aromatic heterocycles. The summed E-state index contributed by atoms with van der Waals surface area (Å²) < 4.78 is 0. The van der Waals surface area contributed by atoms with Crippen LogP contribution in [0.15, 0.2) is 0 Å². The molecule has 0 aromatic rings. The summed E-state index contributed by atoms with van der Waals surface area (Å²) in [5.41, 5.74) is 0. The first-order valence-corrected chi connectivity index (χ1v) is 4.96. The summed E-state index contributed by atoms with van der Waals surface area (Å²) in [6, 6.07) is -0.774. The van der Waals surface area contributed by atoms with Crippen LogP contribution in [0.2, 0.25) is 0 Å². The summed E-state index contributed by atoms with van der Waals surface area (Å²) in [7, 11) is 0. The number of carboxylic acids is 1. The highest BCUT2D eigenvalue weighted by Crippen LogP contribution is 2.32. The second-order valence-corrected chi connectivity index (χ2v) is 4.05. The highest BCUT2D eigenvalue weighted by atomic mass is 16.4. The predicted octanol–water partition coefficient (Wildman–Crippen LogP) is 0.311. The number of hydrogen-bond donors (Lipinski definition) is 3. The maximum Gasteiger partial charge on any atom is 0.326 e. The lowest BCUT2D eigenvalue weighted by Crippen LogP contribution is -2.47. The maximum atomic E-state index is 11.3. The van der Waals surface area contributed by atoms with Crippen LogP contribution < -0.4 is 10.6 Å². The Hall–Kier alpha value is -1.26. The summed E-state index contributed by atoms with van der Waals surface area (Å²) in [4.78, 5) is 22.0. The van der Waals surface area contributed by atoms with Crippen molar-refractivity contribution in [1.29, 1.82) is 0 Å². The number of carbonyl (C=O) groups excluding carboxylic acids is 1. The number of rotatable bonds is 4. The Morgan fingerprint density at radius 2 is 1.86 bits per heavy atom. The van der Waals surface area contributed by atoms with Crippen LogP contribution in [-0.4, -0.2) is 29.2 Å². The van der Waals surface area contributed by atoms with Gasteiger partial charge in [-0.1, -0.05) is 0 Å². The molecule has 5 nitrogen and oxygen atoms in total. The molecule has 2 aliphatic carbocycles. The molecule has 0 aromatic carbocycles. The van der Waals surface area contributed by atoms with Gasteiger partial charge in [-0.25, -0.2) is 9.59 Å². The number of nitrogens with one attached hydrogen (secondary N) is 2.